The van der Waals surface area contributed by atoms with Gasteiger partial charge in [-0.05, 0) is 6.07 Å². The van der Waals surface area contributed by atoms with Crippen LogP contribution < -0.4 is 11.3 Å². The monoisotopic (exact) mass is 246 g/mol. The van der Waals surface area contributed by atoms with Gasteiger partial charge in [0.15, 0.2) is 11.0 Å². The average molecular weight is 247 g/mol. The Balaban J connectivity index is 2.76. The van der Waals surface area contributed by atoms with E-state index in [4.69, 9.17) is 29.0 Å². The summed E-state index contributed by atoms with van der Waals surface area (Å²) >= 11 is 11.3. The quantitative estimate of drug-likeness (QED) is 0.599. The van der Waals surface area contributed by atoms with Crippen LogP contribution in [-0.4, -0.2) is 9.97 Å². The van der Waals surface area contributed by atoms with Crippen molar-refractivity contribution in [3.63, 3.8) is 0 Å². The van der Waals surface area contributed by atoms with E-state index in [0.717, 1.165) is 0 Å². The molecule has 0 bridgehead atoms. The minimum atomic E-state index is -0.566. The van der Waals surface area contributed by atoms with Crippen LogP contribution in [0.25, 0.3) is 11.0 Å². The second kappa shape index (κ2) is 3.77. The van der Waals surface area contributed by atoms with Crippen LogP contribution >= 0.6 is 23.2 Å². The molecule has 1 aromatic heterocycles. The highest BCUT2D eigenvalue weighted by atomic mass is 35.5. The molecule has 78 valence electrons. The lowest BCUT2D eigenvalue weighted by atomic mass is 10.3. The van der Waals surface area contributed by atoms with Gasteiger partial charge in [0.1, 0.15) is 5.82 Å². The second-order valence-electron chi connectivity index (χ2n) is 2.76. The van der Waals surface area contributed by atoms with Crippen LogP contribution in [0.3, 0.4) is 0 Å². The van der Waals surface area contributed by atoms with Crippen molar-refractivity contribution in [3.8, 4) is 0 Å². The van der Waals surface area contributed by atoms with Crippen molar-refractivity contribution in [1.29, 1.82) is 0 Å². The van der Waals surface area contributed by atoms with E-state index in [-0.39, 0.29) is 16.0 Å². The van der Waals surface area contributed by atoms with Crippen LogP contribution in [0, 0.1) is 5.82 Å². The van der Waals surface area contributed by atoms with Crippen molar-refractivity contribution in [2.24, 2.45) is 5.84 Å². The first-order chi connectivity index (χ1) is 7.11. The lowest BCUT2D eigenvalue weighted by Crippen LogP contribution is -2.09. The molecular formula is C8H5Cl2FN4. The van der Waals surface area contributed by atoms with E-state index in [0.29, 0.717) is 11.0 Å². The highest BCUT2D eigenvalue weighted by Crippen LogP contribution is 2.24. The van der Waals surface area contributed by atoms with Crippen LogP contribution in [-0.2, 0) is 0 Å². The van der Waals surface area contributed by atoms with Crippen molar-refractivity contribution in [1.82, 2.24) is 9.97 Å². The zero-order chi connectivity index (χ0) is 11.0. The van der Waals surface area contributed by atoms with Gasteiger partial charge in [-0.2, -0.15) is 0 Å². The number of hydrazine groups is 1. The summed E-state index contributed by atoms with van der Waals surface area (Å²) in [4.78, 5) is 7.92. The molecular weight excluding hydrogens is 242 g/mol. The molecule has 0 unspecified atom stereocenters. The number of hydrogen-bond donors (Lipinski definition) is 2. The van der Waals surface area contributed by atoms with Gasteiger partial charge in [-0.1, -0.05) is 23.2 Å². The lowest BCUT2D eigenvalue weighted by Gasteiger charge is -2.04. The van der Waals surface area contributed by atoms with Crippen LogP contribution in [0.4, 0.5) is 10.2 Å². The Morgan fingerprint density at radius 3 is 2.53 bits per heavy atom. The van der Waals surface area contributed by atoms with Gasteiger partial charge in [-0.15, -0.1) is 0 Å². The zero-order valence-electron chi connectivity index (χ0n) is 7.26. The summed E-state index contributed by atoms with van der Waals surface area (Å²) in [5.41, 5.74) is 3.00. The van der Waals surface area contributed by atoms with Gasteiger partial charge >= 0.3 is 0 Å². The van der Waals surface area contributed by atoms with Gasteiger partial charge in [0, 0.05) is 6.07 Å². The molecule has 0 spiro atoms. The Hall–Kier alpha value is -1.17. The predicted octanol–water partition coefficient (Wildman–Crippen LogP) is 2.36. The molecule has 0 fully saturated rings. The Kier molecular flexibility index (Phi) is 2.60. The Morgan fingerprint density at radius 1 is 1.20 bits per heavy atom. The molecule has 0 saturated heterocycles. The number of nitrogen functional groups attached to an aromatic ring is 1. The molecule has 0 saturated carbocycles. The summed E-state index contributed by atoms with van der Waals surface area (Å²) < 4.78 is 13.1. The van der Waals surface area contributed by atoms with Gasteiger partial charge in [0.05, 0.1) is 16.1 Å². The number of nitrogens with two attached hydrogens (primary N) is 1. The molecule has 1 aromatic carbocycles. The van der Waals surface area contributed by atoms with Crippen LogP contribution in [0.1, 0.15) is 0 Å². The maximum atomic E-state index is 13.1. The van der Waals surface area contributed by atoms with Crippen molar-refractivity contribution >= 4 is 40.1 Å². The van der Waals surface area contributed by atoms with Gasteiger partial charge in [0.25, 0.3) is 0 Å². The second-order valence-corrected chi connectivity index (χ2v) is 3.53. The number of halogens is 3. The summed E-state index contributed by atoms with van der Waals surface area (Å²) in [5.74, 6) is 4.77. The topological polar surface area (TPSA) is 63.8 Å². The Morgan fingerprint density at radius 2 is 1.87 bits per heavy atom. The normalized spacial score (nSPS) is 10.7. The molecule has 0 amide bonds. The minimum absolute atomic E-state index is 0.0266. The fourth-order valence-electron chi connectivity index (χ4n) is 1.12. The van der Waals surface area contributed by atoms with E-state index >= 15 is 0 Å². The maximum absolute atomic E-state index is 13.1. The van der Waals surface area contributed by atoms with Crippen LogP contribution in [0.15, 0.2) is 12.1 Å². The predicted molar refractivity (Wildman–Crippen MR) is 57.3 cm³/mol. The third-order valence-corrected chi connectivity index (χ3v) is 2.35. The number of fused-ring (bicyclic) bond motifs is 1. The highest BCUT2D eigenvalue weighted by molar-refractivity contribution is 6.32. The van der Waals surface area contributed by atoms with Crippen molar-refractivity contribution < 1.29 is 4.39 Å². The van der Waals surface area contributed by atoms with E-state index in [1.807, 2.05) is 0 Å². The third kappa shape index (κ3) is 1.81. The highest BCUT2D eigenvalue weighted by Gasteiger charge is 2.08. The van der Waals surface area contributed by atoms with Crippen LogP contribution in [0.5, 0.6) is 0 Å². The molecule has 0 atom stereocenters. The zero-order valence-corrected chi connectivity index (χ0v) is 8.77. The van der Waals surface area contributed by atoms with Gasteiger partial charge in [-0.25, -0.2) is 20.2 Å². The molecule has 7 heteroatoms. The number of nitrogens with zero attached hydrogens (tertiary/aromatic N) is 2. The summed E-state index contributed by atoms with van der Waals surface area (Å²) in [6.07, 6.45) is 0. The number of rotatable bonds is 1. The number of benzene rings is 1. The molecule has 1 heterocycles. The Labute approximate surface area is 94.2 Å². The first kappa shape index (κ1) is 10.4. The van der Waals surface area contributed by atoms with E-state index in [1.54, 1.807) is 0 Å². The first-order valence-corrected chi connectivity index (χ1v) is 4.66. The van der Waals surface area contributed by atoms with Gasteiger partial charge in [0.2, 0.25) is 0 Å². The van der Waals surface area contributed by atoms with E-state index in [2.05, 4.69) is 15.4 Å². The number of nitrogens with one attached hydrogen (secondary N) is 1. The fraction of sp³-hybridized carbons (Fsp3) is 0. The standard InChI is InChI=1S/C8H5Cl2FN4/c9-3-1-5-6(2-4(3)11)14-8(15-12)7(10)13-5/h1-2H,12H2,(H,14,15). The van der Waals surface area contributed by atoms with Crippen molar-refractivity contribution in [2.75, 3.05) is 5.43 Å². The third-order valence-electron chi connectivity index (χ3n) is 1.80. The largest absolute Gasteiger partial charge is 0.306 e. The molecule has 2 aromatic rings. The summed E-state index contributed by atoms with van der Waals surface area (Å²) in [6, 6.07) is 2.52. The van der Waals surface area contributed by atoms with Gasteiger partial charge in [-0.3, -0.25) is 0 Å². The molecule has 0 radical (unpaired) electrons. The molecule has 2 rings (SSSR count). The first-order valence-electron chi connectivity index (χ1n) is 3.90. The lowest BCUT2D eigenvalue weighted by molar-refractivity contribution is 0.629. The van der Waals surface area contributed by atoms with Crippen molar-refractivity contribution in [2.45, 2.75) is 0 Å². The van der Waals surface area contributed by atoms with E-state index in [1.165, 1.54) is 12.1 Å². The van der Waals surface area contributed by atoms with Crippen LogP contribution in [0.2, 0.25) is 10.2 Å². The van der Waals surface area contributed by atoms with Gasteiger partial charge < -0.3 is 5.43 Å². The summed E-state index contributed by atoms with van der Waals surface area (Å²) in [7, 11) is 0. The van der Waals surface area contributed by atoms with Crippen molar-refractivity contribution in [3.05, 3.63) is 28.1 Å². The maximum Gasteiger partial charge on any atom is 0.178 e. The molecule has 3 N–H and O–H groups in total. The molecule has 0 aliphatic heterocycles. The average Bonchev–Trinajstić information content (AvgIpc) is 2.20. The molecule has 15 heavy (non-hydrogen) atoms. The smallest absolute Gasteiger partial charge is 0.178 e. The number of anilines is 1. The SMILES string of the molecule is NNc1nc2cc(F)c(Cl)cc2nc1Cl. The summed E-state index contributed by atoms with van der Waals surface area (Å²) in [5, 5.41) is 0.0778. The number of aromatic nitrogens is 2. The molecule has 4 nitrogen and oxygen atoms in total. The Bertz CT molecular complexity index is 532. The van der Waals surface area contributed by atoms with E-state index < -0.39 is 5.82 Å². The minimum Gasteiger partial charge on any atom is -0.306 e. The molecule has 0 aliphatic carbocycles. The fourth-order valence-corrected chi connectivity index (χ4v) is 1.47. The number of hydrogen-bond acceptors (Lipinski definition) is 4. The summed E-state index contributed by atoms with van der Waals surface area (Å²) in [6.45, 7) is 0. The molecule has 0 aliphatic rings. The van der Waals surface area contributed by atoms with E-state index in [9.17, 15) is 4.39 Å².